The molecule has 1 aliphatic heterocycles. The van der Waals surface area contributed by atoms with Gasteiger partial charge in [0.2, 0.25) is 0 Å². The molecule has 3 nitrogen and oxygen atoms in total. The summed E-state index contributed by atoms with van der Waals surface area (Å²) in [6.07, 6.45) is 4.44. The molecular formula is C17H27NO2. The number of hydrogen-bond acceptors (Lipinski definition) is 3. The van der Waals surface area contributed by atoms with Gasteiger partial charge in [0.05, 0.1) is 12.7 Å². The molecule has 0 aliphatic carbocycles. The normalized spacial score (nSPS) is 19.6. The van der Waals surface area contributed by atoms with Gasteiger partial charge in [-0.15, -0.1) is 0 Å². The lowest BCUT2D eigenvalue weighted by Gasteiger charge is -2.27. The van der Waals surface area contributed by atoms with E-state index in [1.807, 2.05) is 0 Å². The Kier molecular flexibility index (Phi) is 6.51. The molecule has 20 heavy (non-hydrogen) atoms. The van der Waals surface area contributed by atoms with E-state index in [0.29, 0.717) is 5.92 Å². The van der Waals surface area contributed by atoms with Crippen LogP contribution in [0.15, 0.2) is 24.3 Å². The molecule has 0 saturated heterocycles. The quantitative estimate of drug-likeness (QED) is 0.767. The molecule has 112 valence electrons. The predicted octanol–water partition coefficient (Wildman–Crippen LogP) is 2.69. The van der Waals surface area contributed by atoms with E-state index in [2.05, 4.69) is 36.5 Å². The third kappa shape index (κ3) is 4.30. The Morgan fingerprint density at radius 2 is 2.20 bits per heavy atom. The molecule has 2 rings (SSSR count). The summed E-state index contributed by atoms with van der Waals surface area (Å²) in [5, 5.41) is 12.6. The lowest BCUT2D eigenvalue weighted by atomic mass is 9.97. The van der Waals surface area contributed by atoms with E-state index in [4.69, 9.17) is 9.84 Å². The first-order valence-corrected chi connectivity index (χ1v) is 7.86. The van der Waals surface area contributed by atoms with Crippen molar-refractivity contribution in [3.8, 4) is 0 Å². The Bertz CT molecular complexity index is 388. The van der Waals surface area contributed by atoms with Crippen molar-refractivity contribution in [1.82, 2.24) is 5.32 Å². The zero-order valence-electron chi connectivity index (χ0n) is 12.5. The summed E-state index contributed by atoms with van der Waals surface area (Å²) in [4.78, 5) is 0. The van der Waals surface area contributed by atoms with Gasteiger partial charge >= 0.3 is 0 Å². The molecule has 1 aliphatic rings. The van der Waals surface area contributed by atoms with Crippen LogP contribution in [0.3, 0.4) is 0 Å². The number of benzene rings is 1. The summed E-state index contributed by atoms with van der Waals surface area (Å²) in [5.74, 6) is 0.573. The highest BCUT2D eigenvalue weighted by Gasteiger charge is 2.20. The molecule has 0 radical (unpaired) electrons. The Balaban J connectivity index is 1.82. The van der Waals surface area contributed by atoms with Gasteiger partial charge in [0, 0.05) is 13.2 Å². The monoisotopic (exact) mass is 277 g/mol. The number of aliphatic hydroxyl groups excluding tert-OH is 1. The van der Waals surface area contributed by atoms with E-state index < -0.39 is 0 Å². The number of ether oxygens (including phenoxy) is 1. The molecule has 0 fully saturated rings. The van der Waals surface area contributed by atoms with Gasteiger partial charge in [-0.2, -0.15) is 0 Å². The molecule has 2 N–H and O–H groups in total. The first kappa shape index (κ1) is 15.5. The van der Waals surface area contributed by atoms with Crippen LogP contribution in [0, 0.1) is 5.92 Å². The second kappa shape index (κ2) is 8.40. The number of hydrogen-bond donors (Lipinski definition) is 2. The van der Waals surface area contributed by atoms with Crippen molar-refractivity contribution in [1.29, 1.82) is 0 Å². The SMILES string of the molecule is CCCC(CCO)CNCC1OCCc2ccccc21. The first-order valence-electron chi connectivity index (χ1n) is 7.86. The summed E-state index contributed by atoms with van der Waals surface area (Å²) >= 11 is 0. The summed E-state index contributed by atoms with van der Waals surface area (Å²) in [6.45, 7) is 5.14. The zero-order valence-corrected chi connectivity index (χ0v) is 12.5. The molecule has 0 spiro atoms. The standard InChI is InChI=1S/C17H27NO2/c1-2-5-14(8-10-19)12-18-13-17-16-7-4-3-6-15(16)9-11-20-17/h3-4,6-7,14,17-19H,2,5,8-13H2,1H3. The number of fused-ring (bicyclic) bond motifs is 1. The van der Waals surface area contributed by atoms with Crippen LogP contribution in [0.5, 0.6) is 0 Å². The van der Waals surface area contributed by atoms with E-state index in [1.54, 1.807) is 0 Å². The summed E-state index contributed by atoms with van der Waals surface area (Å²) in [6, 6.07) is 8.58. The minimum absolute atomic E-state index is 0.177. The van der Waals surface area contributed by atoms with Crippen molar-refractivity contribution >= 4 is 0 Å². The van der Waals surface area contributed by atoms with E-state index in [-0.39, 0.29) is 12.7 Å². The van der Waals surface area contributed by atoms with E-state index >= 15 is 0 Å². The molecule has 0 aromatic heterocycles. The van der Waals surface area contributed by atoms with Gasteiger partial charge in [0.25, 0.3) is 0 Å². The molecule has 2 unspecified atom stereocenters. The Morgan fingerprint density at radius 1 is 1.35 bits per heavy atom. The second-order valence-electron chi connectivity index (χ2n) is 5.63. The van der Waals surface area contributed by atoms with Crippen LogP contribution in [0.1, 0.15) is 43.4 Å². The van der Waals surface area contributed by atoms with Gasteiger partial charge in [-0.1, -0.05) is 37.6 Å². The maximum absolute atomic E-state index is 9.09. The lowest BCUT2D eigenvalue weighted by Crippen LogP contribution is -2.31. The van der Waals surface area contributed by atoms with Crippen LogP contribution in [-0.4, -0.2) is 31.4 Å². The predicted molar refractivity (Wildman–Crippen MR) is 81.8 cm³/mol. The van der Waals surface area contributed by atoms with Crippen LogP contribution in [0.25, 0.3) is 0 Å². The minimum Gasteiger partial charge on any atom is -0.396 e. The fourth-order valence-electron chi connectivity index (χ4n) is 3.00. The minimum atomic E-state index is 0.177. The Labute approximate surface area is 122 Å². The number of aliphatic hydroxyl groups is 1. The molecule has 2 atom stereocenters. The summed E-state index contributed by atoms with van der Waals surface area (Å²) in [5.41, 5.74) is 2.76. The van der Waals surface area contributed by atoms with Crippen molar-refractivity contribution in [2.24, 2.45) is 5.92 Å². The van der Waals surface area contributed by atoms with Gasteiger partial charge in [-0.25, -0.2) is 0 Å². The van der Waals surface area contributed by atoms with Crippen LogP contribution in [0.2, 0.25) is 0 Å². The largest absolute Gasteiger partial charge is 0.396 e. The topological polar surface area (TPSA) is 41.5 Å². The molecule has 0 amide bonds. The van der Waals surface area contributed by atoms with Gasteiger partial charge in [0.1, 0.15) is 0 Å². The molecule has 0 saturated carbocycles. The number of nitrogens with one attached hydrogen (secondary N) is 1. The smallest absolute Gasteiger partial charge is 0.0952 e. The molecule has 3 heteroatoms. The van der Waals surface area contributed by atoms with Gasteiger partial charge < -0.3 is 15.2 Å². The summed E-state index contributed by atoms with van der Waals surface area (Å²) in [7, 11) is 0. The van der Waals surface area contributed by atoms with Crippen molar-refractivity contribution in [2.75, 3.05) is 26.3 Å². The third-order valence-electron chi connectivity index (χ3n) is 4.09. The maximum atomic E-state index is 9.09. The highest BCUT2D eigenvalue weighted by atomic mass is 16.5. The average molecular weight is 277 g/mol. The van der Waals surface area contributed by atoms with E-state index in [0.717, 1.165) is 32.5 Å². The van der Waals surface area contributed by atoms with Crippen molar-refractivity contribution < 1.29 is 9.84 Å². The molecule has 0 bridgehead atoms. The molecule has 1 aromatic carbocycles. The van der Waals surface area contributed by atoms with Crippen molar-refractivity contribution in [2.45, 2.75) is 38.7 Å². The Hall–Kier alpha value is -0.900. The van der Waals surface area contributed by atoms with Crippen LogP contribution < -0.4 is 5.32 Å². The van der Waals surface area contributed by atoms with Crippen LogP contribution in [0.4, 0.5) is 0 Å². The molecular weight excluding hydrogens is 250 g/mol. The average Bonchev–Trinajstić information content (AvgIpc) is 2.48. The van der Waals surface area contributed by atoms with Crippen LogP contribution in [-0.2, 0) is 11.2 Å². The molecule has 1 heterocycles. The number of rotatable bonds is 8. The maximum Gasteiger partial charge on any atom is 0.0952 e. The van der Waals surface area contributed by atoms with Gasteiger partial charge in [-0.3, -0.25) is 0 Å². The van der Waals surface area contributed by atoms with E-state index in [1.165, 1.54) is 24.0 Å². The fraction of sp³-hybridized carbons (Fsp3) is 0.647. The van der Waals surface area contributed by atoms with Crippen molar-refractivity contribution in [3.05, 3.63) is 35.4 Å². The lowest BCUT2D eigenvalue weighted by molar-refractivity contribution is 0.0417. The van der Waals surface area contributed by atoms with Gasteiger partial charge in [-0.05, 0) is 42.9 Å². The zero-order chi connectivity index (χ0) is 14.2. The first-order chi connectivity index (χ1) is 9.85. The van der Waals surface area contributed by atoms with Gasteiger partial charge in [0.15, 0.2) is 0 Å². The second-order valence-corrected chi connectivity index (χ2v) is 5.63. The van der Waals surface area contributed by atoms with Crippen LogP contribution >= 0.6 is 0 Å². The van der Waals surface area contributed by atoms with Crippen molar-refractivity contribution in [3.63, 3.8) is 0 Å². The third-order valence-corrected chi connectivity index (χ3v) is 4.09. The highest BCUT2D eigenvalue weighted by molar-refractivity contribution is 5.31. The fourth-order valence-corrected chi connectivity index (χ4v) is 3.00. The highest BCUT2D eigenvalue weighted by Crippen LogP contribution is 2.26. The van der Waals surface area contributed by atoms with E-state index in [9.17, 15) is 0 Å². The summed E-state index contributed by atoms with van der Waals surface area (Å²) < 4.78 is 5.89. The Morgan fingerprint density at radius 3 is 3.00 bits per heavy atom. The molecule has 1 aromatic rings.